The molecular weight excluding hydrogens is 543 g/mol. The monoisotopic (exact) mass is 564 g/mol. The van der Waals surface area contributed by atoms with Crippen LogP contribution in [0.25, 0.3) is 16.0 Å². The second-order valence-corrected chi connectivity index (χ2v) is 11.5. The second kappa shape index (κ2) is 9.12. The SMILES string of the molecule is Cc1cc(C)c2nc(N3C(=O)C(=O)C(=C(O)c4ccc5c(c4)C[C@@H](C)O5)[C@@H]3c3ccc(Cl)c(Cl)c3)sc2c1. The first-order valence-corrected chi connectivity index (χ1v) is 13.6. The highest BCUT2D eigenvalue weighted by molar-refractivity contribution is 7.22. The van der Waals surface area contributed by atoms with Gasteiger partial charge in [0.2, 0.25) is 0 Å². The number of carbonyl (C=O) groups excluding carboxylic acids is 2. The van der Waals surface area contributed by atoms with Gasteiger partial charge in [0.1, 0.15) is 17.6 Å². The maximum absolute atomic E-state index is 13.6. The zero-order valence-corrected chi connectivity index (χ0v) is 23.0. The number of carbonyl (C=O) groups is 2. The molecule has 1 aromatic heterocycles. The number of nitrogens with zero attached hydrogens (tertiary/aromatic N) is 2. The van der Waals surface area contributed by atoms with E-state index in [1.807, 2.05) is 32.9 Å². The van der Waals surface area contributed by atoms with Crippen molar-refractivity contribution in [2.24, 2.45) is 0 Å². The molecule has 0 bridgehead atoms. The van der Waals surface area contributed by atoms with E-state index in [1.165, 1.54) is 16.2 Å². The molecule has 1 saturated heterocycles. The number of halogens is 2. The predicted molar refractivity (Wildman–Crippen MR) is 151 cm³/mol. The van der Waals surface area contributed by atoms with Crippen LogP contribution in [0, 0.1) is 13.8 Å². The number of fused-ring (bicyclic) bond motifs is 2. The Bertz CT molecular complexity index is 1710. The van der Waals surface area contributed by atoms with Crippen molar-refractivity contribution in [2.75, 3.05) is 4.90 Å². The van der Waals surface area contributed by atoms with Crippen LogP contribution in [0.1, 0.15) is 40.8 Å². The Morgan fingerprint density at radius 2 is 1.87 bits per heavy atom. The average Bonchev–Trinajstić information content (AvgIpc) is 3.53. The number of benzene rings is 3. The van der Waals surface area contributed by atoms with Gasteiger partial charge in [-0.15, -0.1) is 0 Å². The summed E-state index contributed by atoms with van der Waals surface area (Å²) in [7, 11) is 0. The second-order valence-electron chi connectivity index (χ2n) is 9.72. The molecule has 38 heavy (non-hydrogen) atoms. The molecule has 6 nitrogen and oxygen atoms in total. The first-order chi connectivity index (χ1) is 18.1. The number of ketones is 1. The Morgan fingerprint density at radius 1 is 1.08 bits per heavy atom. The topological polar surface area (TPSA) is 79.7 Å². The minimum absolute atomic E-state index is 0.0234. The number of hydrogen-bond acceptors (Lipinski definition) is 6. The Morgan fingerprint density at radius 3 is 2.63 bits per heavy atom. The van der Waals surface area contributed by atoms with Gasteiger partial charge in [0.05, 0.1) is 31.9 Å². The number of Topliss-reactive ketones (excluding diaryl/α,β-unsaturated/α-hetero) is 1. The summed E-state index contributed by atoms with van der Waals surface area (Å²) in [6.45, 7) is 5.93. The molecule has 1 N–H and O–H groups in total. The highest BCUT2D eigenvalue weighted by Gasteiger charge is 2.48. The number of ether oxygens (including phenoxy) is 1. The molecule has 0 radical (unpaired) electrons. The number of aliphatic hydroxyl groups excluding tert-OH is 1. The van der Waals surface area contributed by atoms with Gasteiger partial charge in [-0.3, -0.25) is 14.5 Å². The molecule has 6 rings (SSSR count). The largest absolute Gasteiger partial charge is 0.507 e. The van der Waals surface area contributed by atoms with E-state index in [2.05, 4.69) is 0 Å². The van der Waals surface area contributed by atoms with Crippen molar-refractivity contribution in [3.63, 3.8) is 0 Å². The Balaban J connectivity index is 1.56. The summed E-state index contributed by atoms with van der Waals surface area (Å²) >= 11 is 13.9. The number of aliphatic hydroxyl groups is 1. The molecule has 2 atom stereocenters. The van der Waals surface area contributed by atoms with E-state index >= 15 is 0 Å². The molecule has 0 aliphatic carbocycles. The van der Waals surface area contributed by atoms with Gasteiger partial charge in [-0.1, -0.05) is 46.7 Å². The third-order valence-electron chi connectivity index (χ3n) is 6.90. The van der Waals surface area contributed by atoms with Gasteiger partial charge in [0, 0.05) is 12.0 Å². The van der Waals surface area contributed by atoms with Crippen molar-refractivity contribution in [3.05, 3.63) is 92.0 Å². The zero-order chi connectivity index (χ0) is 26.9. The van der Waals surface area contributed by atoms with Gasteiger partial charge in [-0.2, -0.15) is 0 Å². The van der Waals surface area contributed by atoms with Crippen LogP contribution in [-0.4, -0.2) is 27.9 Å². The molecule has 1 fully saturated rings. The van der Waals surface area contributed by atoms with Gasteiger partial charge in [0.25, 0.3) is 5.78 Å². The molecular formula is C29H22Cl2N2O4S. The van der Waals surface area contributed by atoms with Gasteiger partial charge < -0.3 is 9.84 Å². The first kappa shape index (κ1) is 24.9. The summed E-state index contributed by atoms with van der Waals surface area (Å²) in [6.07, 6.45) is 0.709. The smallest absolute Gasteiger partial charge is 0.301 e. The van der Waals surface area contributed by atoms with E-state index < -0.39 is 17.7 Å². The van der Waals surface area contributed by atoms with Crippen molar-refractivity contribution in [3.8, 4) is 5.75 Å². The van der Waals surface area contributed by atoms with Crippen molar-refractivity contribution in [1.29, 1.82) is 0 Å². The molecule has 9 heteroatoms. The van der Waals surface area contributed by atoms with Crippen LogP contribution >= 0.6 is 34.5 Å². The Hall–Kier alpha value is -3.39. The third-order valence-corrected chi connectivity index (χ3v) is 8.64. The number of thiazole rings is 1. The average molecular weight is 565 g/mol. The van der Waals surface area contributed by atoms with Gasteiger partial charge in [-0.25, -0.2) is 4.98 Å². The van der Waals surface area contributed by atoms with E-state index in [1.54, 1.807) is 36.4 Å². The van der Waals surface area contributed by atoms with Gasteiger partial charge in [0.15, 0.2) is 5.13 Å². The van der Waals surface area contributed by atoms with Gasteiger partial charge in [-0.05, 0) is 79.4 Å². The van der Waals surface area contributed by atoms with Crippen LogP contribution in [0.4, 0.5) is 5.13 Å². The summed E-state index contributed by atoms with van der Waals surface area (Å²) in [6, 6.07) is 13.3. The van der Waals surface area contributed by atoms with Crippen LogP contribution < -0.4 is 9.64 Å². The van der Waals surface area contributed by atoms with Crippen LogP contribution in [0.2, 0.25) is 10.0 Å². The molecule has 0 saturated carbocycles. The zero-order valence-electron chi connectivity index (χ0n) is 20.7. The summed E-state index contributed by atoms with van der Waals surface area (Å²) < 4.78 is 6.68. The molecule has 192 valence electrons. The van der Waals surface area contributed by atoms with E-state index in [9.17, 15) is 14.7 Å². The number of amides is 1. The lowest BCUT2D eigenvalue weighted by Gasteiger charge is -2.23. The van der Waals surface area contributed by atoms with Crippen molar-refractivity contribution < 1.29 is 19.4 Å². The normalized spacial score (nSPS) is 20.3. The maximum Gasteiger partial charge on any atom is 0.301 e. The van der Waals surface area contributed by atoms with Crippen LogP contribution in [0.15, 0.2) is 54.1 Å². The fourth-order valence-electron chi connectivity index (χ4n) is 5.21. The molecule has 2 aliphatic rings. The molecule has 1 amide bonds. The highest BCUT2D eigenvalue weighted by atomic mass is 35.5. The first-order valence-electron chi connectivity index (χ1n) is 12.1. The van der Waals surface area contributed by atoms with Crippen molar-refractivity contribution in [1.82, 2.24) is 4.98 Å². The quantitative estimate of drug-likeness (QED) is 0.162. The van der Waals surface area contributed by atoms with E-state index in [4.69, 9.17) is 32.9 Å². The van der Waals surface area contributed by atoms with Crippen molar-refractivity contribution in [2.45, 2.75) is 39.3 Å². The number of anilines is 1. The number of rotatable bonds is 3. The maximum atomic E-state index is 13.6. The van der Waals surface area contributed by atoms with E-state index in [0.717, 1.165) is 32.7 Å². The Labute approximate surface area is 233 Å². The van der Waals surface area contributed by atoms with E-state index in [-0.39, 0.29) is 22.5 Å². The van der Waals surface area contributed by atoms with Crippen LogP contribution in [0.5, 0.6) is 5.75 Å². The number of aromatic nitrogens is 1. The van der Waals surface area contributed by atoms with Crippen LogP contribution in [-0.2, 0) is 16.0 Å². The minimum Gasteiger partial charge on any atom is -0.507 e. The molecule has 0 spiro atoms. The Kier molecular flexibility index (Phi) is 5.98. The molecule has 3 aromatic carbocycles. The lowest BCUT2D eigenvalue weighted by atomic mass is 9.94. The summed E-state index contributed by atoms with van der Waals surface area (Å²) in [5.74, 6) is -1.09. The third kappa shape index (κ3) is 3.97. The lowest BCUT2D eigenvalue weighted by molar-refractivity contribution is -0.132. The summed E-state index contributed by atoms with van der Waals surface area (Å²) in [4.78, 5) is 33.2. The molecule has 3 heterocycles. The number of hydrogen-bond donors (Lipinski definition) is 1. The highest BCUT2D eigenvalue weighted by Crippen LogP contribution is 2.46. The van der Waals surface area contributed by atoms with E-state index in [0.29, 0.717) is 27.7 Å². The van der Waals surface area contributed by atoms with Crippen molar-refractivity contribution >= 4 is 67.3 Å². The molecule has 4 aromatic rings. The standard InChI is InChI=1S/C29H22Cl2N2O4S/c1-13-8-14(2)24-22(9-13)38-29(32-24)33-25(16-4-6-19(30)20(31)12-16)23(27(35)28(33)36)26(34)17-5-7-21-18(11-17)10-15(3)37-21/h4-9,11-12,15,25,34H,10H2,1-3H3/t15-,25+/m1/s1. The fourth-order valence-corrected chi connectivity index (χ4v) is 6.69. The number of aryl methyl sites for hydroxylation is 2. The molecule has 0 unspecified atom stereocenters. The predicted octanol–water partition coefficient (Wildman–Crippen LogP) is 7.17. The minimum atomic E-state index is -0.949. The van der Waals surface area contributed by atoms with Crippen LogP contribution in [0.3, 0.4) is 0 Å². The fraction of sp³-hybridized carbons (Fsp3) is 0.207. The summed E-state index contributed by atoms with van der Waals surface area (Å²) in [5, 5.41) is 12.5. The lowest BCUT2D eigenvalue weighted by Crippen LogP contribution is -2.29. The molecule has 2 aliphatic heterocycles. The van der Waals surface area contributed by atoms with Gasteiger partial charge >= 0.3 is 5.91 Å². The summed E-state index contributed by atoms with van der Waals surface area (Å²) in [5.41, 5.74) is 4.66.